The highest BCUT2D eigenvalue weighted by molar-refractivity contribution is 5.88. The number of carbonyl (C=O) groups excluding carboxylic acids is 2. The standard InChI is InChI=1S/C10H15N3O2/c1-7(12-8(2)14)10(15)4-3-9-5-6-11-13-9/h5-7H,3-4H2,1-2H3,(H,11,13)(H,12,14)/t7-/m0/s1. The van der Waals surface area contributed by atoms with Crippen LogP contribution in [0.3, 0.4) is 0 Å². The van der Waals surface area contributed by atoms with Gasteiger partial charge in [-0.25, -0.2) is 0 Å². The van der Waals surface area contributed by atoms with Crippen molar-refractivity contribution in [2.24, 2.45) is 0 Å². The summed E-state index contributed by atoms with van der Waals surface area (Å²) < 4.78 is 0. The minimum atomic E-state index is -0.412. The number of nitrogens with one attached hydrogen (secondary N) is 2. The Morgan fingerprint density at radius 1 is 1.60 bits per heavy atom. The Labute approximate surface area is 88.3 Å². The largest absolute Gasteiger partial charge is 0.347 e. The molecule has 0 saturated heterocycles. The molecular weight excluding hydrogens is 194 g/mol. The van der Waals surface area contributed by atoms with Crippen molar-refractivity contribution in [3.05, 3.63) is 18.0 Å². The van der Waals surface area contributed by atoms with E-state index in [9.17, 15) is 9.59 Å². The second kappa shape index (κ2) is 5.29. The van der Waals surface area contributed by atoms with Crippen molar-refractivity contribution in [1.82, 2.24) is 15.5 Å². The van der Waals surface area contributed by atoms with E-state index in [0.717, 1.165) is 5.69 Å². The van der Waals surface area contributed by atoms with Crippen LogP contribution in [0.25, 0.3) is 0 Å². The average Bonchev–Trinajstić information content (AvgIpc) is 2.65. The molecule has 1 atom stereocenters. The fourth-order valence-corrected chi connectivity index (χ4v) is 1.28. The molecular formula is C10H15N3O2. The number of amides is 1. The molecule has 0 unspecified atom stereocenters. The lowest BCUT2D eigenvalue weighted by molar-refractivity contribution is -0.126. The summed E-state index contributed by atoms with van der Waals surface area (Å²) in [6, 6.07) is 1.42. The molecule has 5 nitrogen and oxygen atoms in total. The van der Waals surface area contributed by atoms with Crippen LogP contribution in [0.15, 0.2) is 12.3 Å². The molecule has 1 rings (SSSR count). The third kappa shape index (κ3) is 3.93. The minimum absolute atomic E-state index is 0.0276. The van der Waals surface area contributed by atoms with E-state index in [1.165, 1.54) is 6.92 Å². The maximum atomic E-state index is 11.5. The maximum absolute atomic E-state index is 11.5. The highest BCUT2D eigenvalue weighted by Crippen LogP contribution is 2.00. The zero-order chi connectivity index (χ0) is 11.3. The van der Waals surface area contributed by atoms with E-state index >= 15 is 0 Å². The van der Waals surface area contributed by atoms with Crippen molar-refractivity contribution in [3.8, 4) is 0 Å². The predicted molar refractivity (Wildman–Crippen MR) is 55.2 cm³/mol. The molecule has 0 aliphatic carbocycles. The normalized spacial score (nSPS) is 12.1. The Kier molecular flexibility index (Phi) is 4.03. The number of aryl methyl sites for hydroxylation is 1. The second-order valence-electron chi connectivity index (χ2n) is 3.47. The first-order valence-electron chi connectivity index (χ1n) is 4.87. The van der Waals surface area contributed by atoms with E-state index in [2.05, 4.69) is 15.5 Å². The number of ketones is 1. The number of carbonyl (C=O) groups is 2. The molecule has 1 heterocycles. The third-order valence-electron chi connectivity index (χ3n) is 2.10. The predicted octanol–water partition coefficient (Wildman–Crippen LogP) is 0.436. The number of hydrogen-bond acceptors (Lipinski definition) is 3. The van der Waals surface area contributed by atoms with Crippen LogP contribution in [0.5, 0.6) is 0 Å². The van der Waals surface area contributed by atoms with Crippen LogP contribution in [0.2, 0.25) is 0 Å². The number of Topliss-reactive ketones (excluding diaryl/α,β-unsaturated/α-hetero) is 1. The molecule has 1 aromatic rings. The van der Waals surface area contributed by atoms with Crippen LogP contribution in [0.1, 0.15) is 26.0 Å². The fraction of sp³-hybridized carbons (Fsp3) is 0.500. The molecule has 82 valence electrons. The van der Waals surface area contributed by atoms with Crippen molar-refractivity contribution in [2.75, 3.05) is 0 Å². The van der Waals surface area contributed by atoms with Gasteiger partial charge in [0.2, 0.25) is 5.91 Å². The van der Waals surface area contributed by atoms with Crippen LogP contribution in [-0.4, -0.2) is 27.9 Å². The Hall–Kier alpha value is -1.65. The molecule has 0 bridgehead atoms. The highest BCUT2D eigenvalue weighted by atomic mass is 16.2. The number of aromatic nitrogens is 2. The molecule has 0 aliphatic heterocycles. The van der Waals surface area contributed by atoms with Crippen molar-refractivity contribution in [1.29, 1.82) is 0 Å². The molecule has 0 spiro atoms. The van der Waals surface area contributed by atoms with Crippen LogP contribution < -0.4 is 5.32 Å². The van der Waals surface area contributed by atoms with Crippen molar-refractivity contribution in [2.45, 2.75) is 32.7 Å². The number of H-pyrrole nitrogens is 1. The van der Waals surface area contributed by atoms with Gasteiger partial charge in [-0.05, 0) is 19.4 Å². The lowest BCUT2D eigenvalue weighted by atomic mass is 10.1. The van der Waals surface area contributed by atoms with E-state index in [1.807, 2.05) is 6.07 Å². The zero-order valence-electron chi connectivity index (χ0n) is 8.91. The smallest absolute Gasteiger partial charge is 0.217 e. The molecule has 0 saturated carbocycles. The molecule has 15 heavy (non-hydrogen) atoms. The molecule has 2 N–H and O–H groups in total. The number of nitrogens with zero attached hydrogens (tertiary/aromatic N) is 1. The summed E-state index contributed by atoms with van der Waals surface area (Å²) >= 11 is 0. The maximum Gasteiger partial charge on any atom is 0.217 e. The van der Waals surface area contributed by atoms with Crippen LogP contribution >= 0.6 is 0 Å². The van der Waals surface area contributed by atoms with Crippen molar-refractivity contribution < 1.29 is 9.59 Å². The van der Waals surface area contributed by atoms with Gasteiger partial charge < -0.3 is 5.32 Å². The van der Waals surface area contributed by atoms with Gasteiger partial charge in [0.15, 0.2) is 5.78 Å². The van der Waals surface area contributed by atoms with E-state index in [0.29, 0.717) is 12.8 Å². The third-order valence-corrected chi connectivity index (χ3v) is 2.10. The van der Waals surface area contributed by atoms with Gasteiger partial charge in [0.05, 0.1) is 6.04 Å². The SMILES string of the molecule is CC(=O)N[C@@H](C)C(=O)CCc1ccn[nH]1. The average molecular weight is 209 g/mol. The van der Waals surface area contributed by atoms with Crippen LogP contribution in [-0.2, 0) is 16.0 Å². The lowest BCUT2D eigenvalue weighted by Gasteiger charge is -2.10. The zero-order valence-corrected chi connectivity index (χ0v) is 8.91. The van der Waals surface area contributed by atoms with Gasteiger partial charge >= 0.3 is 0 Å². The van der Waals surface area contributed by atoms with E-state index in [1.54, 1.807) is 13.1 Å². The van der Waals surface area contributed by atoms with Gasteiger partial charge in [-0.3, -0.25) is 14.7 Å². The first-order chi connectivity index (χ1) is 7.09. The topological polar surface area (TPSA) is 74.8 Å². The molecule has 0 radical (unpaired) electrons. The minimum Gasteiger partial charge on any atom is -0.347 e. The van der Waals surface area contributed by atoms with Gasteiger partial charge in [-0.1, -0.05) is 0 Å². The summed E-state index contributed by atoms with van der Waals surface area (Å²) in [4.78, 5) is 22.2. The van der Waals surface area contributed by atoms with Gasteiger partial charge in [-0.2, -0.15) is 5.10 Å². The summed E-state index contributed by atoms with van der Waals surface area (Å²) in [5.74, 6) is -0.155. The van der Waals surface area contributed by atoms with Crippen LogP contribution in [0.4, 0.5) is 0 Å². The number of hydrogen-bond donors (Lipinski definition) is 2. The quantitative estimate of drug-likeness (QED) is 0.738. The molecule has 0 aliphatic rings. The van der Waals surface area contributed by atoms with Gasteiger partial charge in [-0.15, -0.1) is 0 Å². The summed E-state index contributed by atoms with van der Waals surface area (Å²) in [6.45, 7) is 3.09. The highest BCUT2D eigenvalue weighted by Gasteiger charge is 2.13. The Morgan fingerprint density at radius 3 is 2.87 bits per heavy atom. The van der Waals surface area contributed by atoms with Gasteiger partial charge in [0, 0.05) is 25.2 Å². The van der Waals surface area contributed by atoms with Crippen molar-refractivity contribution in [3.63, 3.8) is 0 Å². The van der Waals surface area contributed by atoms with E-state index in [4.69, 9.17) is 0 Å². The molecule has 1 amide bonds. The number of rotatable bonds is 5. The van der Waals surface area contributed by atoms with Gasteiger partial charge in [0.1, 0.15) is 0 Å². The van der Waals surface area contributed by atoms with Crippen molar-refractivity contribution >= 4 is 11.7 Å². The summed E-state index contributed by atoms with van der Waals surface area (Å²) in [5, 5.41) is 9.13. The fourth-order valence-electron chi connectivity index (χ4n) is 1.28. The lowest BCUT2D eigenvalue weighted by Crippen LogP contribution is -2.37. The molecule has 0 fully saturated rings. The Morgan fingerprint density at radius 2 is 2.33 bits per heavy atom. The first-order valence-corrected chi connectivity index (χ1v) is 4.87. The summed E-state index contributed by atoms with van der Waals surface area (Å²) in [6.07, 6.45) is 2.68. The first kappa shape index (κ1) is 11.4. The van der Waals surface area contributed by atoms with Gasteiger partial charge in [0.25, 0.3) is 0 Å². The second-order valence-corrected chi connectivity index (χ2v) is 3.47. The molecule has 5 heteroatoms. The van der Waals surface area contributed by atoms with Crippen LogP contribution in [0, 0.1) is 0 Å². The Bertz CT molecular complexity index is 332. The monoisotopic (exact) mass is 209 g/mol. The summed E-state index contributed by atoms with van der Waals surface area (Å²) in [5.41, 5.74) is 0.929. The van der Waals surface area contributed by atoms with E-state index < -0.39 is 6.04 Å². The Balaban J connectivity index is 2.32. The number of aromatic amines is 1. The molecule has 1 aromatic heterocycles. The molecule has 0 aromatic carbocycles. The summed E-state index contributed by atoms with van der Waals surface area (Å²) in [7, 11) is 0. The van der Waals surface area contributed by atoms with E-state index in [-0.39, 0.29) is 11.7 Å².